The molecule has 0 spiro atoms. The van der Waals surface area contributed by atoms with E-state index < -0.39 is 16.1 Å². The second kappa shape index (κ2) is 8.69. The monoisotopic (exact) mass is 481 g/mol. The number of para-hydroxylation sites is 2. The van der Waals surface area contributed by atoms with Crippen LogP contribution in [0, 0.1) is 0 Å². The summed E-state index contributed by atoms with van der Waals surface area (Å²) in [7, 11) is -3.86. The van der Waals surface area contributed by atoms with E-state index in [9.17, 15) is 8.42 Å². The molecule has 1 unspecified atom stereocenters. The van der Waals surface area contributed by atoms with Gasteiger partial charge in [0, 0.05) is 36.6 Å². The molecule has 3 aromatic carbocycles. The Morgan fingerprint density at radius 3 is 2.49 bits per heavy atom. The van der Waals surface area contributed by atoms with Gasteiger partial charge in [0.05, 0.1) is 11.6 Å². The first-order chi connectivity index (χ1) is 17.1. The molecule has 0 aliphatic carbocycles. The van der Waals surface area contributed by atoms with Crippen molar-refractivity contribution in [3.05, 3.63) is 121 Å². The van der Waals surface area contributed by atoms with Gasteiger partial charge in [-0.05, 0) is 54.1 Å². The minimum Gasteiger partial charge on any atom is -0.457 e. The standard InChI is InChI=1S/C28H23N3O3S/c32-35(33,26-15-5-8-21-10-6-16-29-27(21)26)31-19-18-30-17-7-14-25(30)28(31)22-9-4-13-24(20-22)34-23-11-2-1-3-12-23/h1-17,20,28H,18-19H2. The fourth-order valence-corrected chi connectivity index (χ4v) is 6.49. The van der Waals surface area contributed by atoms with Crippen molar-refractivity contribution in [3.63, 3.8) is 0 Å². The Balaban J connectivity index is 1.46. The van der Waals surface area contributed by atoms with Crippen molar-refractivity contribution in [2.24, 2.45) is 0 Å². The summed E-state index contributed by atoms with van der Waals surface area (Å²) in [6.45, 7) is 0.929. The van der Waals surface area contributed by atoms with Gasteiger partial charge in [-0.25, -0.2) is 8.42 Å². The van der Waals surface area contributed by atoms with Crippen molar-refractivity contribution in [1.82, 2.24) is 13.9 Å². The molecule has 6 nitrogen and oxygen atoms in total. The number of rotatable bonds is 5. The third-order valence-corrected chi connectivity index (χ3v) is 8.23. The van der Waals surface area contributed by atoms with Gasteiger partial charge in [0.2, 0.25) is 10.0 Å². The zero-order valence-electron chi connectivity index (χ0n) is 18.9. The predicted octanol–water partition coefficient (Wildman–Crippen LogP) is 5.62. The topological polar surface area (TPSA) is 64.4 Å². The highest BCUT2D eigenvalue weighted by Gasteiger charge is 2.38. The molecule has 174 valence electrons. The number of sulfonamides is 1. The summed E-state index contributed by atoms with van der Waals surface area (Å²) in [6.07, 6.45) is 3.63. The fourth-order valence-electron chi connectivity index (χ4n) is 4.74. The highest BCUT2D eigenvalue weighted by Crippen LogP contribution is 2.39. The molecule has 0 amide bonds. The minimum absolute atomic E-state index is 0.220. The van der Waals surface area contributed by atoms with E-state index in [0.29, 0.717) is 24.4 Å². The predicted molar refractivity (Wildman–Crippen MR) is 135 cm³/mol. The molecule has 7 heteroatoms. The Kier molecular flexibility index (Phi) is 5.36. The van der Waals surface area contributed by atoms with E-state index >= 15 is 0 Å². The SMILES string of the molecule is O=S(=O)(c1cccc2cccnc12)N1CCn2cccc2C1c1cccc(Oc2ccccc2)c1. The van der Waals surface area contributed by atoms with Crippen LogP contribution in [-0.4, -0.2) is 28.8 Å². The number of hydrogen-bond donors (Lipinski definition) is 0. The second-order valence-electron chi connectivity index (χ2n) is 8.46. The van der Waals surface area contributed by atoms with Gasteiger partial charge < -0.3 is 9.30 Å². The Hall–Kier alpha value is -3.94. The number of pyridine rings is 1. The molecule has 3 heterocycles. The Labute approximate surface area is 204 Å². The van der Waals surface area contributed by atoms with E-state index in [2.05, 4.69) is 9.55 Å². The number of fused-ring (bicyclic) bond motifs is 2. The Bertz CT molecular complexity index is 1610. The smallest absolute Gasteiger partial charge is 0.246 e. The van der Waals surface area contributed by atoms with Crippen LogP contribution >= 0.6 is 0 Å². The third kappa shape index (κ3) is 3.88. The van der Waals surface area contributed by atoms with Crippen molar-refractivity contribution < 1.29 is 13.2 Å². The molecule has 0 radical (unpaired) electrons. The molecule has 0 bridgehead atoms. The first kappa shape index (κ1) is 21.6. The van der Waals surface area contributed by atoms with Gasteiger partial charge in [-0.1, -0.05) is 48.5 Å². The van der Waals surface area contributed by atoms with Crippen molar-refractivity contribution in [3.8, 4) is 11.5 Å². The number of ether oxygens (including phenoxy) is 1. The molecule has 0 saturated carbocycles. The fraction of sp³-hybridized carbons (Fsp3) is 0.107. The zero-order chi connectivity index (χ0) is 23.8. The molecule has 2 aromatic heterocycles. The van der Waals surface area contributed by atoms with Gasteiger partial charge in [0.1, 0.15) is 16.4 Å². The van der Waals surface area contributed by atoms with E-state index in [0.717, 1.165) is 22.4 Å². The zero-order valence-corrected chi connectivity index (χ0v) is 19.7. The van der Waals surface area contributed by atoms with E-state index in [4.69, 9.17) is 4.74 Å². The maximum atomic E-state index is 14.1. The second-order valence-corrected chi connectivity index (χ2v) is 10.3. The van der Waals surface area contributed by atoms with Crippen LogP contribution in [-0.2, 0) is 16.6 Å². The summed E-state index contributed by atoms with van der Waals surface area (Å²) >= 11 is 0. The van der Waals surface area contributed by atoms with Crippen molar-refractivity contribution in [2.75, 3.05) is 6.54 Å². The molecule has 0 saturated heterocycles. The quantitative estimate of drug-likeness (QED) is 0.327. The van der Waals surface area contributed by atoms with Crippen molar-refractivity contribution >= 4 is 20.9 Å². The lowest BCUT2D eigenvalue weighted by atomic mass is 10.0. The van der Waals surface area contributed by atoms with Gasteiger partial charge in [0.25, 0.3) is 0 Å². The van der Waals surface area contributed by atoms with E-state index in [1.807, 2.05) is 91.1 Å². The van der Waals surface area contributed by atoms with Gasteiger partial charge >= 0.3 is 0 Å². The Morgan fingerprint density at radius 2 is 1.60 bits per heavy atom. The van der Waals surface area contributed by atoms with E-state index in [1.165, 1.54) is 0 Å². The highest BCUT2D eigenvalue weighted by molar-refractivity contribution is 7.89. The molecular formula is C28H23N3O3S. The summed E-state index contributed by atoms with van der Waals surface area (Å²) in [6, 6.07) is 29.6. The summed E-state index contributed by atoms with van der Waals surface area (Å²) < 4.78 is 38.0. The first-order valence-corrected chi connectivity index (χ1v) is 12.9. The average molecular weight is 482 g/mol. The molecule has 0 fully saturated rings. The third-order valence-electron chi connectivity index (χ3n) is 6.33. The van der Waals surface area contributed by atoms with Crippen LogP contribution in [0.15, 0.2) is 114 Å². The highest BCUT2D eigenvalue weighted by atomic mass is 32.2. The van der Waals surface area contributed by atoms with Crippen LogP contribution in [0.1, 0.15) is 17.3 Å². The normalized spacial score (nSPS) is 16.2. The maximum Gasteiger partial charge on any atom is 0.246 e. The molecule has 6 rings (SSSR count). The molecule has 35 heavy (non-hydrogen) atoms. The molecule has 1 aliphatic rings. The lowest BCUT2D eigenvalue weighted by Crippen LogP contribution is -2.42. The molecular weight excluding hydrogens is 458 g/mol. The van der Waals surface area contributed by atoms with Gasteiger partial charge in [-0.3, -0.25) is 4.98 Å². The van der Waals surface area contributed by atoms with Crippen LogP contribution in [0.2, 0.25) is 0 Å². The van der Waals surface area contributed by atoms with Gasteiger partial charge in [-0.2, -0.15) is 4.31 Å². The van der Waals surface area contributed by atoms with Crippen LogP contribution in [0.3, 0.4) is 0 Å². The molecule has 5 aromatic rings. The van der Waals surface area contributed by atoms with Crippen molar-refractivity contribution in [1.29, 1.82) is 0 Å². The number of hydrogen-bond acceptors (Lipinski definition) is 4. The number of benzene rings is 3. The van der Waals surface area contributed by atoms with E-state index in [1.54, 1.807) is 22.6 Å². The molecule has 1 atom stereocenters. The van der Waals surface area contributed by atoms with Crippen LogP contribution < -0.4 is 4.74 Å². The maximum absolute atomic E-state index is 14.1. The molecule has 1 aliphatic heterocycles. The lowest BCUT2D eigenvalue weighted by molar-refractivity contribution is 0.298. The average Bonchev–Trinajstić information content (AvgIpc) is 3.37. The largest absolute Gasteiger partial charge is 0.457 e. The van der Waals surface area contributed by atoms with Crippen LogP contribution in [0.4, 0.5) is 0 Å². The van der Waals surface area contributed by atoms with Crippen LogP contribution in [0.5, 0.6) is 11.5 Å². The summed E-state index contributed by atoms with van der Waals surface area (Å²) in [5.41, 5.74) is 2.25. The summed E-state index contributed by atoms with van der Waals surface area (Å²) in [5.74, 6) is 1.38. The summed E-state index contributed by atoms with van der Waals surface area (Å²) in [4.78, 5) is 4.62. The number of nitrogens with zero attached hydrogens (tertiary/aromatic N) is 3. The minimum atomic E-state index is -3.86. The summed E-state index contributed by atoms with van der Waals surface area (Å²) in [5, 5.41) is 0.795. The molecule has 0 N–H and O–H groups in total. The van der Waals surface area contributed by atoms with Gasteiger partial charge in [0.15, 0.2) is 0 Å². The van der Waals surface area contributed by atoms with Crippen molar-refractivity contribution in [2.45, 2.75) is 17.5 Å². The Morgan fingerprint density at radius 1 is 0.800 bits per heavy atom. The van der Waals surface area contributed by atoms with Crippen LogP contribution in [0.25, 0.3) is 10.9 Å². The first-order valence-electron chi connectivity index (χ1n) is 11.4. The van der Waals surface area contributed by atoms with Gasteiger partial charge in [-0.15, -0.1) is 0 Å². The lowest BCUT2D eigenvalue weighted by Gasteiger charge is -2.36. The number of aromatic nitrogens is 2. The van der Waals surface area contributed by atoms with E-state index in [-0.39, 0.29) is 4.90 Å².